The van der Waals surface area contributed by atoms with Crippen molar-refractivity contribution in [3.63, 3.8) is 0 Å². The number of nitrogens with zero attached hydrogens (tertiary/aromatic N) is 2. The van der Waals surface area contributed by atoms with Gasteiger partial charge in [-0.25, -0.2) is 0 Å². The van der Waals surface area contributed by atoms with Crippen LogP contribution in [0.15, 0.2) is 84.9 Å². The van der Waals surface area contributed by atoms with Gasteiger partial charge in [0.25, 0.3) is 6.71 Å². The fraction of sp³-hybridized carbons (Fsp3) is 0.444. The first-order valence-electron chi connectivity index (χ1n) is 21.8. The maximum absolute atomic E-state index is 2.66. The third kappa shape index (κ3) is 6.96. The highest BCUT2D eigenvalue weighted by atomic mass is 15.2. The minimum Gasteiger partial charge on any atom is -0.311 e. The van der Waals surface area contributed by atoms with Crippen LogP contribution in [0.3, 0.4) is 0 Å². The number of aryl methyl sites for hydroxylation is 2. The Morgan fingerprint density at radius 2 is 0.789 bits per heavy atom. The predicted octanol–water partition coefficient (Wildman–Crippen LogP) is 13.1. The van der Waals surface area contributed by atoms with Crippen LogP contribution >= 0.6 is 0 Å². The Labute approximate surface area is 346 Å². The van der Waals surface area contributed by atoms with E-state index in [4.69, 9.17) is 0 Å². The van der Waals surface area contributed by atoms with Crippen molar-refractivity contribution in [3.05, 3.63) is 124 Å². The van der Waals surface area contributed by atoms with E-state index in [9.17, 15) is 0 Å². The fourth-order valence-corrected chi connectivity index (χ4v) is 9.40. The molecule has 0 bridgehead atoms. The van der Waals surface area contributed by atoms with Gasteiger partial charge in [0.1, 0.15) is 0 Å². The van der Waals surface area contributed by atoms with Gasteiger partial charge in [0.05, 0.1) is 0 Å². The van der Waals surface area contributed by atoms with Crippen LogP contribution in [0, 0.1) is 0 Å². The largest absolute Gasteiger partial charge is 0.311 e. The first-order chi connectivity index (χ1) is 26.4. The average molecular weight is 755 g/mol. The number of fused-ring (bicyclic) bond motifs is 5. The second-order valence-corrected chi connectivity index (χ2v) is 22.8. The molecular weight excluding hydrogens is 687 g/mol. The maximum Gasteiger partial charge on any atom is 0.252 e. The Kier molecular flexibility index (Phi) is 9.12. The number of hydrogen-bond donors (Lipinski definition) is 0. The van der Waals surface area contributed by atoms with Crippen LogP contribution in [0.2, 0.25) is 0 Å². The zero-order chi connectivity index (χ0) is 41.2. The van der Waals surface area contributed by atoms with Gasteiger partial charge < -0.3 is 9.80 Å². The molecule has 0 radical (unpaired) electrons. The normalized spacial score (nSPS) is 15.6. The minimum atomic E-state index is -0.00179. The van der Waals surface area contributed by atoms with Crippen molar-refractivity contribution < 1.29 is 0 Å². The lowest BCUT2D eigenvalue weighted by Gasteiger charge is -2.45. The Bertz CT molecular complexity index is 2330. The van der Waals surface area contributed by atoms with Gasteiger partial charge in [-0.1, -0.05) is 140 Å². The molecule has 0 spiro atoms. The summed E-state index contributed by atoms with van der Waals surface area (Å²) >= 11 is 0. The summed E-state index contributed by atoms with van der Waals surface area (Å²) in [7, 11) is 0. The summed E-state index contributed by atoms with van der Waals surface area (Å²) in [6.07, 6.45) is 4.85. The van der Waals surface area contributed by atoms with E-state index in [0.717, 1.165) is 12.8 Å². The lowest BCUT2D eigenvalue weighted by atomic mass is 9.33. The van der Waals surface area contributed by atoms with Gasteiger partial charge in [-0.15, -0.1) is 0 Å². The third-order valence-corrected chi connectivity index (χ3v) is 13.1. The molecule has 3 heteroatoms. The van der Waals surface area contributed by atoms with E-state index in [-0.39, 0.29) is 33.8 Å². The van der Waals surface area contributed by atoms with Crippen LogP contribution in [0.5, 0.6) is 0 Å². The first-order valence-corrected chi connectivity index (χ1v) is 21.8. The van der Waals surface area contributed by atoms with Crippen molar-refractivity contribution in [1.29, 1.82) is 0 Å². The molecule has 0 N–H and O–H groups in total. The highest BCUT2D eigenvalue weighted by molar-refractivity contribution is 7.00. The molecule has 296 valence electrons. The van der Waals surface area contributed by atoms with Crippen molar-refractivity contribution in [2.75, 3.05) is 9.80 Å². The summed E-state index contributed by atoms with van der Waals surface area (Å²) in [5.74, 6) is 0. The van der Waals surface area contributed by atoms with Crippen molar-refractivity contribution in [2.24, 2.45) is 0 Å². The summed E-state index contributed by atoms with van der Waals surface area (Å²) in [5.41, 5.74) is 22.0. The van der Waals surface area contributed by atoms with Gasteiger partial charge in [-0.3, -0.25) is 0 Å². The molecule has 0 aromatic heterocycles. The van der Waals surface area contributed by atoms with E-state index in [2.05, 4.69) is 199 Å². The van der Waals surface area contributed by atoms with E-state index >= 15 is 0 Å². The summed E-state index contributed by atoms with van der Waals surface area (Å²) in [6.45, 7) is 35.5. The highest BCUT2D eigenvalue weighted by Crippen LogP contribution is 2.48. The number of hydrogen-bond acceptors (Lipinski definition) is 2. The van der Waals surface area contributed by atoms with E-state index in [1.54, 1.807) is 5.56 Å². The third-order valence-electron chi connectivity index (χ3n) is 13.1. The molecular formula is C54H67BN2. The molecule has 57 heavy (non-hydrogen) atoms. The molecule has 0 unspecified atom stereocenters. The van der Waals surface area contributed by atoms with E-state index in [1.165, 1.54) is 96.7 Å². The van der Waals surface area contributed by atoms with Crippen LogP contribution in [0.1, 0.15) is 156 Å². The van der Waals surface area contributed by atoms with Gasteiger partial charge in [0.15, 0.2) is 0 Å². The van der Waals surface area contributed by atoms with Crippen LogP contribution < -0.4 is 26.2 Å². The molecule has 5 aromatic carbocycles. The molecule has 2 heterocycles. The van der Waals surface area contributed by atoms with Crippen LogP contribution in [-0.2, 0) is 39.9 Å². The topological polar surface area (TPSA) is 6.48 Å². The van der Waals surface area contributed by atoms with Crippen molar-refractivity contribution in [1.82, 2.24) is 0 Å². The van der Waals surface area contributed by atoms with E-state index < -0.39 is 0 Å². The molecule has 0 atom stereocenters. The summed E-state index contributed by atoms with van der Waals surface area (Å²) in [4.78, 5) is 5.29. The lowest BCUT2D eigenvalue weighted by Crippen LogP contribution is -2.61. The average Bonchev–Trinajstić information content (AvgIpc) is 3.11. The predicted molar refractivity (Wildman–Crippen MR) is 251 cm³/mol. The summed E-state index contributed by atoms with van der Waals surface area (Å²) < 4.78 is 0. The summed E-state index contributed by atoms with van der Waals surface area (Å²) in [5, 5.41) is 0. The molecule has 1 aliphatic carbocycles. The zero-order valence-corrected chi connectivity index (χ0v) is 37.9. The van der Waals surface area contributed by atoms with Crippen LogP contribution in [0.25, 0.3) is 0 Å². The van der Waals surface area contributed by atoms with Crippen molar-refractivity contribution >= 4 is 57.2 Å². The number of rotatable bonds is 2. The second-order valence-electron chi connectivity index (χ2n) is 22.8. The Balaban J connectivity index is 1.49. The fourth-order valence-electron chi connectivity index (χ4n) is 9.40. The molecule has 2 nitrogen and oxygen atoms in total. The number of benzene rings is 5. The molecule has 0 amide bonds. The van der Waals surface area contributed by atoms with Gasteiger partial charge in [0, 0.05) is 34.1 Å². The number of anilines is 6. The lowest BCUT2D eigenvalue weighted by molar-refractivity contribution is 0.568. The summed E-state index contributed by atoms with van der Waals surface area (Å²) in [6, 6.07) is 34.7. The van der Waals surface area contributed by atoms with Crippen molar-refractivity contribution in [3.8, 4) is 0 Å². The van der Waals surface area contributed by atoms with Crippen molar-refractivity contribution in [2.45, 2.75) is 157 Å². The molecule has 0 saturated heterocycles. The maximum atomic E-state index is 2.66. The molecule has 5 aromatic rings. The highest BCUT2D eigenvalue weighted by Gasteiger charge is 2.44. The molecule has 2 aliphatic heterocycles. The minimum absolute atomic E-state index is 0.00179. The van der Waals surface area contributed by atoms with Crippen LogP contribution in [0.4, 0.5) is 34.1 Å². The van der Waals surface area contributed by atoms with E-state index in [0.29, 0.717) is 0 Å². The SMILES string of the molecule is CC(C)(C)c1cc(N2c3cc(C(C)(C)C)ccc3B3c4cc5c(cc4N(c4cc(C(C)(C)C)cc(C(C)(C)C)c4)c4cccc2c43)CCCC5)cc(C(C)(C)C)c1. The second kappa shape index (κ2) is 13.1. The van der Waals surface area contributed by atoms with Crippen LogP contribution in [-0.4, -0.2) is 6.71 Å². The van der Waals surface area contributed by atoms with Gasteiger partial charge >= 0.3 is 0 Å². The molecule has 0 fully saturated rings. The Morgan fingerprint density at radius 1 is 0.386 bits per heavy atom. The quantitative estimate of drug-likeness (QED) is 0.162. The Hall–Kier alpha value is -4.24. The van der Waals surface area contributed by atoms with E-state index in [1.807, 2.05) is 0 Å². The smallest absolute Gasteiger partial charge is 0.252 e. The first kappa shape index (κ1) is 39.6. The zero-order valence-electron chi connectivity index (χ0n) is 37.9. The van der Waals surface area contributed by atoms with Gasteiger partial charge in [-0.2, -0.15) is 0 Å². The van der Waals surface area contributed by atoms with Gasteiger partial charge in [-0.05, 0) is 157 Å². The standard InChI is InChI=1S/C54H67BN2/c1-50(2,3)36-23-24-43-48(33-36)57(42-31-39(53(10,11)12)28-40(32-42)54(13,14)15)46-22-18-21-45-49(46)55(43)44-25-34-19-16-17-20-35(34)26-47(44)56(45)41-29-37(51(4,5)6)27-38(30-41)52(7,8)9/h18,21-33H,16-17,19-20H2,1-15H3. The van der Waals surface area contributed by atoms with Gasteiger partial charge in [0.2, 0.25) is 0 Å². The Morgan fingerprint density at radius 3 is 1.21 bits per heavy atom. The monoisotopic (exact) mass is 755 g/mol. The molecule has 8 rings (SSSR count). The molecule has 3 aliphatic rings. The molecule has 0 saturated carbocycles.